The lowest BCUT2D eigenvalue weighted by molar-refractivity contribution is -0.146. The van der Waals surface area contributed by atoms with E-state index in [2.05, 4.69) is 51.8 Å². The van der Waals surface area contributed by atoms with E-state index in [1.54, 1.807) is 72.1 Å². The Balaban J connectivity index is 0.000000181. The van der Waals surface area contributed by atoms with Gasteiger partial charge in [-0.05, 0) is 140 Å². The molecule has 4 saturated heterocycles. The number of Topliss-reactive ketones (excluding diaryl/α,β-unsaturated/α-hetero) is 4. The Morgan fingerprint density at radius 3 is 1.37 bits per heavy atom. The number of likely N-dealkylation sites (tertiary alicyclic amines) is 3. The van der Waals surface area contributed by atoms with Gasteiger partial charge in [0.1, 0.15) is 47.3 Å². The van der Waals surface area contributed by atoms with E-state index in [0.717, 1.165) is 88.3 Å². The number of thiazole rings is 3. The molecule has 142 heavy (non-hydrogen) atoms. The molecule has 1 unspecified atom stereocenters. The van der Waals surface area contributed by atoms with Crippen LogP contribution in [0, 0.1) is 61.2 Å². The smallest absolute Gasteiger partial charge is 0.252 e. The first-order valence-electron chi connectivity index (χ1n) is 48.5. The van der Waals surface area contributed by atoms with Crippen LogP contribution in [0.4, 0.5) is 0 Å². The maximum absolute atomic E-state index is 13.8. The lowest BCUT2D eigenvalue weighted by Crippen LogP contribution is -2.52. The molecule has 8 aromatic rings. The van der Waals surface area contributed by atoms with Crippen molar-refractivity contribution in [3.8, 4) is 37.1 Å². The molecule has 0 bridgehead atoms. The Kier molecular flexibility index (Phi) is 40.2. The van der Waals surface area contributed by atoms with E-state index < -0.39 is 107 Å². The third kappa shape index (κ3) is 30.5. The number of aromatic nitrogens is 3. The van der Waals surface area contributed by atoms with Crippen molar-refractivity contribution >= 4 is 116 Å². The van der Waals surface area contributed by atoms with Gasteiger partial charge in [0.25, 0.3) is 5.91 Å². The minimum Gasteiger partial charge on any atom is -0.494 e. The second-order valence-electron chi connectivity index (χ2n) is 39.5. The number of carbonyl (C=O) groups excluding carboxylic acids is 12. The standard InChI is InChI=1S/C30H41N3O5.C28H32N4O5S.C25H33N3O4S.C24H31N3O5S/c1-18-22(9-10-31-18)20-7-5-19(6-8-20)16-33-29(37)24-14-21(34)13-23(24)28(36)25(30(2,3)4)15-27(35)26-17-38-12-11-32-26;1-4-37-23-7-5-6-21(12-23)26(34)31-18(3)28(36)32-15-22(33)13-24(32)27(35)29-14-19-8-10-20(11-9-19)25-17(2)30-16-38-25;1-15(29)10-20(25(3,4)5)24(32)28-13-19(30)11-21(28)23(31)26-12-17-6-8-18(9-7-17)22-16(2)27-14-33-22;1-15(10-19(28)8-9-32-3)24(31)27-13-20(29)11-21(27)23(30)25-12-17-4-6-18(7-5-17)22-16(2)26-14-33-22/h5-8,10,21,23-26,32,34H,9,11-17H2,1-4H3,(H,33,37);5-12,16,18,22,24,33H,4,13-15H2,1-3H3,(H,29,35)(H,31,34);6-9,14,19-21,30H,10-13H2,1-5H3,(H,26,31);4-7,14-15,20-21,29H,8-13H2,1-3H3,(H,25,30)/t21-,23?,24+,25+,26-;18-,22+,24-;19-,20-,21+;15-,20-,21+/m0011/s1. The van der Waals surface area contributed by atoms with Crippen molar-refractivity contribution in [3.05, 3.63) is 194 Å². The molecule has 35 heteroatoms. The number of carbonyl (C=O) groups is 12. The Hall–Kier alpha value is -11.6. The van der Waals surface area contributed by atoms with Crippen molar-refractivity contribution in [1.29, 1.82) is 0 Å². The zero-order valence-corrected chi connectivity index (χ0v) is 86.2. The van der Waals surface area contributed by atoms with E-state index in [9.17, 15) is 78.0 Å². The molecular weight excluding hydrogens is 1870 g/mol. The fourth-order valence-electron chi connectivity index (χ4n) is 18.5. The maximum Gasteiger partial charge on any atom is 0.252 e. The van der Waals surface area contributed by atoms with Crippen LogP contribution >= 0.6 is 34.0 Å². The highest BCUT2D eigenvalue weighted by Gasteiger charge is 2.49. The number of ether oxygens (including phenoxy) is 3. The van der Waals surface area contributed by atoms with Crippen molar-refractivity contribution in [1.82, 2.24) is 61.6 Å². The molecule has 3 aromatic heterocycles. The largest absolute Gasteiger partial charge is 0.494 e. The highest BCUT2D eigenvalue weighted by atomic mass is 32.1. The van der Waals surface area contributed by atoms with Crippen LogP contribution in [0.15, 0.2) is 149 Å². The molecular formula is C107H137N13O19S3. The molecule has 5 aliphatic heterocycles. The highest BCUT2D eigenvalue weighted by molar-refractivity contribution is 7.14. The summed E-state index contributed by atoms with van der Waals surface area (Å²) in [4.78, 5) is 180. The zero-order chi connectivity index (χ0) is 103. The number of methoxy groups -OCH3 is 1. The van der Waals surface area contributed by atoms with Gasteiger partial charge in [0.05, 0.1) is 111 Å². The second-order valence-corrected chi connectivity index (χ2v) is 42.1. The summed E-state index contributed by atoms with van der Waals surface area (Å²) >= 11 is 4.76. The number of aliphatic hydroxyl groups excluding tert-OH is 4. The summed E-state index contributed by atoms with van der Waals surface area (Å²) in [6, 6.07) is 34.9. The van der Waals surface area contributed by atoms with Crippen molar-refractivity contribution in [2.75, 3.05) is 59.7 Å². The number of ketones is 4. The Bertz CT molecular complexity index is 5760. The molecule has 8 heterocycles. The van der Waals surface area contributed by atoms with Crippen LogP contribution in [0.2, 0.25) is 0 Å². The van der Waals surface area contributed by atoms with Crippen LogP contribution in [0.3, 0.4) is 0 Å². The fourth-order valence-corrected chi connectivity index (χ4v) is 20.9. The van der Waals surface area contributed by atoms with Crippen LogP contribution in [-0.4, -0.2) is 241 Å². The molecule has 14 rings (SSSR count). The van der Waals surface area contributed by atoms with Gasteiger partial charge in [0.2, 0.25) is 41.4 Å². The average Bonchev–Trinajstić information content (AvgIpc) is 1.64. The number of rotatable bonds is 35. The number of aryl methyl sites for hydroxylation is 3. The van der Waals surface area contributed by atoms with E-state index in [0.29, 0.717) is 63.9 Å². The van der Waals surface area contributed by atoms with Gasteiger partial charge in [-0.15, -0.1) is 34.0 Å². The lowest BCUT2D eigenvalue weighted by atomic mass is 9.70. The summed E-state index contributed by atoms with van der Waals surface area (Å²) in [6.45, 7) is 29.9. The summed E-state index contributed by atoms with van der Waals surface area (Å²) in [7, 11) is 1.52. The number of nitrogens with zero attached hydrogens (tertiary/aromatic N) is 7. The minimum atomic E-state index is -0.887. The first-order valence-corrected chi connectivity index (χ1v) is 51.2. The van der Waals surface area contributed by atoms with Crippen LogP contribution < -0.4 is 36.6 Å². The molecule has 10 N–H and O–H groups in total. The number of aliphatic imine (C=N–C) groups is 1. The van der Waals surface area contributed by atoms with E-state index in [1.807, 2.05) is 196 Å². The Morgan fingerprint density at radius 1 is 0.528 bits per heavy atom. The van der Waals surface area contributed by atoms with Crippen LogP contribution in [0.5, 0.6) is 5.75 Å². The third-order valence-corrected chi connectivity index (χ3v) is 29.4. The Morgan fingerprint density at radius 2 is 0.965 bits per heavy atom. The molecule has 1 aliphatic carbocycles. The summed E-state index contributed by atoms with van der Waals surface area (Å²) in [5.74, 6) is -5.17. The van der Waals surface area contributed by atoms with E-state index >= 15 is 0 Å². The SMILES string of the molecule is CC(=O)C[C@H](C(=O)N1C[C@H](O)C[C@H]1C(=O)NCc1ccc(-c2scnc2C)cc1)C(C)(C)C.CC1=C(c2ccc(CNC(=O)[C@@H]3C[C@@H](O)CC3C(=O)[C@@H](CC(=O)[C@@H]3COCCN3)C(C)(C)C)cc2)CC=N1.CCOc1cccc(C(=O)N[C@@H](C)C(=O)N2C[C@H](O)C[C@H]2C(=O)NCc2ccc(-c3scnc3C)cc2)c1.COCCC(=O)C[C@@H](C)C(=O)N1C[C@H](O)C[C@H]1C(=O)NCc1ccc(-c2scnc2C)cc1. The Labute approximate surface area is 842 Å². The molecule has 0 spiro atoms. The molecule has 0 radical (unpaired) electrons. The normalized spacial score (nSPS) is 20.7. The van der Waals surface area contributed by atoms with E-state index in [4.69, 9.17) is 14.2 Å². The molecule has 5 fully saturated rings. The number of benzene rings is 5. The van der Waals surface area contributed by atoms with Gasteiger partial charge in [-0.3, -0.25) is 57.7 Å². The van der Waals surface area contributed by atoms with Crippen LogP contribution in [0.1, 0.15) is 196 Å². The van der Waals surface area contributed by atoms with Crippen LogP contribution in [-0.2, 0) is 88.4 Å². The average molecular weight is 2010 g/mol. The zero-order valence-electron chi connectivity index (χ0n) is 83.8. The first-order chi connectivity index (χ1) is 67.6. The first kappa shape index (κ1) is 111. The predicted molar refractivity (Wildman–Crippen MR) is 545 cm³/mol. The molecule has 6 aliphatic rings. The van der Waals surface area contributed by atoms with Gasteiger partial charge in [-0.1, -0.05) is 152 Å². The molecule has 1 saturated carbocycles. The molecule has 14 atom stereocenters. The summed E-state index contributed by atoms with van der Waals surface area (Å²) in [5.41, 5.74) is 18.2. The van der Waals surface area contributed by atoms with E-state index in [-0.39, 0.29) is 143 Å². The maximum atomic E-state index is 13.8. The van der Waals surface area contributed by atoms with E-state index in [1.165, 1.54) is 34.3 Å². The minimum absolute atomic E-state index is 0.0276. The van der Waals surface area contributed by atoms with Crippen LogP contribution in [0.25, 0.3) is 36.9 Å². The number of allylic oxidation sites excluding steroid dienone is 2. The van der Waals surface area contributed by atoms with Gasteiger partial charge < -0.3 is 86.0 Å². The van der Waals surface area contributed by atoms with Crippen molar-refractivity contribution in [2.45, 2.75) is 242 Å². The molecule has 762 valence electrons. The predicted octanol–water partition coefficient (Wildman–Crippen LogP) is 11.7. The quantitative estimate of drug-likeness (QED) is 0.0176. The molecule has 8 amide bonds. The van der Waals surface area contributed by atoms with Crippen molar-refractivity contribution in [2.24, 2.45) is 45.4 Å². The molecule has 32 nitrogen and oxygen atoms in total. The van der Waals surface area contributed by atoms with Gasteiger partial charge in [0, 0.05) is 152 Å². The van der Waals surface area contributed by atoms with Crippen molar-refractivity contribution < 1.29 is 92.2 Å². The third-order valence-electron chi connectivity index (χ3n) is 26.5. The molecule has 5 aromatic carbocycles. The monoisotopic (exact) mass is 2000 g/mol. The lowest BCUT2D eigenvalue weighted by Gasteiger charge is -2.34. The number of amides is 8. The number of aliphatic hydroxyl groups is 4. The number of hydrogen-bond donors (Lipinski definition) is 10. The summed E-state index contributed by atoms with van der Waals surface area (Å²) in [6.07, 6.45) is 1.25. The number of hydrogen-bond acceptors (Lipinski definition) is 27. The summed E-state index contributed by atoms with van der Waals surface area (Å²) in [5, 5.41) is 58.5. The van der Waals surface area contributed by atoms with Gasteiger partial charge in [-0.2, -0.15) is 0 Å². The highest BCUT2D eigenvalue weighted by Crippen LogP contribution is 2.42. The van der Waals surface area contributed by atoms with Gasteiger partial charge in [0.15, 0.2) is 5.78 Å². The summed E-state index contributed by atoms with van der Waals surface area (Å²) < 4.78 is 15.8. The topological polar surface area (TPSA) is 446 Å². The fraction of sp³-hybridized carbons (Fsp3) is 0.495. The second kappa shape index (κ2) is 51.5. The van der Waals surface area contributed by atoms with Crippen molar-refractivity contribution in [3.63, 3.8) is 0 Å². The number of β-amino-alcohol motifs (C(OH)–C–C–N with tert-alkyl or cyclic N) is 3. The van der Waals surface area contributed by atoms with Gasteiger partial charge in [-0.25, -0.2) is 15.0 Å². The van der Waals surface area contributed by atoms with Gasteiger partial charge >= 0.3 is 0 Å². The number of morpholine rings is 1. The number of nitrogens with one attached hydrogen (secondary N) is 6.